The Kier molecular flexibility index (Phi) is 5.38. The normalized spacial score (nSPS) is 10.5. The number of unbranched alkanes of at least 4 members (excludes halogenated alkanes) is 1. The number of hydrogen-bond acceptors (Lipinski definition) is 6. The number of aromatic carboxylic acids is 1. The van der Waals surface area contributed by atoms with E-state index < -0.39 is 5.97 Å². The van der Waals surface area contributed by atoms with Crippen LogP contribution in [0.3, 0.4) is 0 Å². The molecule has 2 rings (SSSR count). The Morgan fingerprint density at radius 2 is 2.14 bits per heavy atom. The molecular weight excluding hydrogens is 302 g/mol. The summed E-state index contributed by atoms with van der Waals surface area (Å²) in [6.45, 7) is 4.39. The van der Waals surface area contributed by atoms with Crippen molar-refractivity contribution in [3.05, 3.63) is 28.8 Å². The standard InChI is InChI=1S/C16H19NO4S/c1-4-5-8-21-12-7-6-11(9-13(12)20-3)15-17-10(2)14(22-15)16(18)19/h6-7,9H,4-5,8H2,1-3H3,(H,18,19)/p-1. The number of carboxylic acid groups (broad SMARTS) is 1. The minimum atomic E-state index is -1.20. The van der Waals surface area contributed by atoms with Gasteiger partial charge in [-0.05, 0) is 31.5 Å². The largest absolute Gasteiger partial charge is 0.544 e. The first-order chi connectivity index (χ1) is 10.6. The minimum Gasteiger partial charge on any atom is -0.544 e. The molecule has 0 aliphatic heterocycles. The first-order valence-corrected chi connectivity index (χ1v) is 7.88. The van der Waals surface area contributed by atoms with Gasteiger partial charge in [0.2, 0.25) is 0 Å². The smallest absolute Gasteiger partial charge is 0.161 e. The molecule has 0 atom stereocenters. The zero-order valence-corrected chi connectivity index (χ0v) is 13.7. The predicted octanol–water partition coefficient (Wildman–Crippen LogP) is 2.67. The van der Waals surface area contributed by atoms with Crippen molar-refractivity contribution >= 4 is 17.3 Å². The summed E-state index contributed by atoms with van der Waals surface area (Å²) < 4.78 is 11.0. The molecule has 0 radical (unpaired) electrons. The highest BCUT2D eigenvalue weighted by atomic mass is 32.1. The molecule has 1 aromatic heterocycles. The molecule has 2 aromatic rings. The third-order valence-electron chi connectivity index (χ3n) is 3.15. The molecule has 118 valence electrons. The van der Waals surface area contributed by atoms with Crippen molar-refractivity contribution in [1.82, 2.24) is 4.98 Å². The van der Waals surface area contributed by atoms with Crippen molar-refractivity contribution in [1.29, 1.82) is 0 Å². The van der Waals surface area contributed by atoms with E-state index in [0.717, 1.165) is 29.7 Å². The van der Waals surface area contributed by atoms with Gasteiger partial charge in [0.25, 0.3) is 0 Å². The molecule has 1 aromatic carbocycles. The van der Waals surface area contributed by atoms with Gasteiger partial charge in [-0.3, -0.25) is 0 Å². The SMILES string of the molecule is CCCCOc1ccc(-c2nc(C)c(C(=O)[O-])s2)cc1OC. The second kappa shape index (κ2) is 7.26. The van der Waals surface area contributed by atoms with Crippen molar-refractivity contribution in [2.24, 2.45) is 0 Å². The minimum absolute atomic E-state index is 0.150. The molecule has 1 heterocycles. The van der Waals surface area contributed by atoms with Crippen molar-refractivity contribution in [2.75, 3.05) is 13.7 Å². The van der Waals surface area contributed by atoms with Gasteiger partial charge in [-0.1, -0.05) is 13.3 Å². The Morgan fingerprint density at radius 3 is 2.73 bits per heavy atom. The molecule has 0 saturated carbocycles. The lowest BCUT2D eigenvalue weighted by Crippen LogP contribution is -2.21. The molecule has 0 aliphatic rings. The van der Waals surface area contributed by atoms with E-state index in [2.05, 4.69) is 11.9 Å². The molecule has 0 unspecified atom stereocenters. The molecule has 6 heteroatoms. The number of aryl methyl sites for hydroxylation is 1. The van der Waals surface area contributed by atoms with Crippen LogP contribution < -0.4 is 14.6 Å². The van der Waals surface area contributed by atoms with E-state index in [1.54, 1.807) is 20.1 Å². The van der Waals surface area contributed by atoms with Gasteiger partial charge >= 0.3 is 0 Å². The number of rotatable bonds is 7. The molecule has 0 spiro atoms. The topological polar surface area (TPSA) is 71.5 Å². The maximum absolute atomic E-state index is 11.0. The van der Waals surface area contributed by atoms with Crippen LogP contribution >= 0.6 is 11.3 Å². The highest BCUT2D eigenvalue weighted by Crippen LogP contribution is 2.35. The number of thiazole rings is 1. The van der Waals surface area contributed by atoms with E-state index >= 15 is 0 Å². The first-order valence-electron chi connectivity index (χ1n) is 7.06. The Bertz CT molecular complexity index is 666. The number of ether oxygens (including phenoxy) is 2. The number of benzene rings is 1. The Balaban J connectivity index is 2.29. The summed E-state index contributed by atoms with van der Waals surface area (Å²) in [4.78, 5) is 15.4. The van der Waals surface area contributed by atoms with Crippen LogP contribution in [0.4, 0.5) is 0 Å². The maximum atomic E-state index is 11.0. The van der Waals surface area contributed by atoms with Crippen LogP contribution in [0.2, 0.25) is 0 Å². The maximum Gasteiger partial charge on any atom is 0.161 e. The molecule has 0 N–H and O–H groups in total. The molecule has 0 amide bonds. The number of nitrogens with zero attached hydrogens (tertiary/aromatic N) is 1. The van der Waals surface area contributed by atoms with Gasteiger partial charge in [-0.25, -0.2) is 4.98 Å². The van der Waals surface area contributed by atoms with Crippen molar-refractivity contribution in [2.45, 2.75) is 26.7 Å². The van der Waals surface area contributed by atoms with Crippen LogP contribution in [-0.2, 0) is 0 Å². The molecule has 0 aliphatic carbocycles. The molecule has 22 heavy (non-hydrogen) atoms. The molecule has 0 fully saturated rings. The zero-order valence-electron chi connectivity index (χ0n) is 12.8. The Labute approximate surface area is 133 Å². The predicted molar refractivity (Wildman–Crippen MR) is 83.6 cm³/mol. The third kappa shape index (κ3) is 3.57. The average molecular weight is 320 g/mol. The number of carbonyl (C=O) groups excluding carboxylic acids is 1. The van der Waals surface area contributed by atoms with E-state index in [1.165, 1.54) is 0 Å². The molecular formula is C16H18NO4S-. The quantitative estimate of drug-likeness (QED) is 0.733. The first kappa shape index (κ1) is 16.3. The van der Waals surface area contributed by atoms with E-state index in [1.807, 2.05) is 12.1 Å². The van der Waals surface area contributed by atoms with Crippen LogP contribution in [0.15, 0.2) is 18.2 Å². The zero-order chi connectivity index (χ0) is 16.1. The van der Waals surface area contributed by atoms with Gasteiger partial charge in [0.05, 0.1) is 30.3 Å². The summed E-state index contributed by atoms with van der Waals surface area (Å²) in [5, 5.41) is 11.6. The molecule has 0 saturated heterocycles. The molecule has 0 bridgehead atoms. The Hall–Kier alpha value is -2.08. The summed E-state index contributed by atoms with van der Waals surface area (Å²) in [6, 6.07) is 5.47. The monoisotopic (exact) mass is 320 g/mol. The van der Waals surface area contributed by atoms with E-state index in [4.69, 9.17) is 9.47 Å². The summed E-state index contributed by atoms with van der Waals surface area (Å²) >= 11 is 1.10. The lowest BCUT2D eigenvalue weighted by atomic mass is 10.2. The number of carboxylic acids is 1. The average Bonchev–Trinajstić information content (AvgIpc) is 2.90. The summed E-state index contributed by atoms with van der Waals surface area (Å²) in [7, 11) is 1.57. The number of hydrogen-bond donors (Lipinski definition) is 0. The van der Waals surface area contributed by atoms with E-state index in [9.17, 15) is 9.90 Å². The van der Waals surface area contributed by atoms with E-state index in [0.29, 0.717) is 28.8 Å². The van der Waals surface area contributed by atoms with Gasteiger partial charge in [0.1, 0.15) is 5.01 Å². The van der Waals surface area contributed by atoms with Crippen LogP contribution in [0.5, 0.6) is 11.5 Å². The highest BCUT2D eigenvalue weighted by molar-refractivity contribution is 7.17. The van der Waals surface area contributed by atoms with Gasteiger partial charge in [-0.15, -0.1) is 11.3 Å². The fourth-order valence-electron chi connectivity index (χ4n) is 1.96. The lowest BCUT2D eigenvalue weighted by molar-refractivity contribution is -0.254. The summed E-state index contributed by atoms with van der Waals surface area (Å²) in [5.74, 6) is 0.0808. The molecule has 5 nitrogen and oxygen atoms in total. The Morgan fingerprint density at radius 1 is 1.36 bits per heavy atom. The second-order valence-electron chi connectivity index (χ2n) is 4.79. The van der Waals surface area contributed by atoms with Crippen LogP contribution in [0, 0.1) is 6.92 Å². The van der Waals surface area contributed by atoms with Gasteiger partial charge in [0.15, 0.2) is 11.5 Å². The number of carbonyl (C=O) groups is 1. The highest BCUT2D eigenvalue weighted by Gasteiger charge is 2.13. The van der Waals surface area contributed by atoms with Crippen molar-refractivity contribution < 1.29 is 19.4 Å². The van der Waals surface area contributed by atoms with Gasteiger partial charge in [-0.2, -0.15) is 0 Å². The third-order valence-corrected chi connectivity index (χ3v) is 4.33. The van der Waals surface area contributed by atoms with E-state index in [-0.39, 0.29) is 4.88 Å². The van der Waals surface area contributed by atoms with Gasteiger partial charge in [0, 0.05) is 5.56 Å². The summed E-state index contributed by atoms with van der Waals surface area (Å²) in [5.41, 5.74) is 1.25. The van der Waals surface area contributed by atoms with Gasteiger partial charge < -0.3 is 19.4 Å². The lowest BCUT2D eigenvalue weighted by Gasteiger charge is -2.11. The van der Waals surface area contributed by atoms with Crippen LogP contribution in [0.1, 0.15) is 35.1 Å². The number of aromatic nitrogens is 1. The van der Waals surface area contributed by atoms with Crippen molar-refractivity contribution in [3.63, 3.8) is 0 Å². The number of methoxy groups -OCH3 is 1. The second-order valence-corrected chi connectivity index (χ2v) is 5.79. The van der Waals surface area contributed by atoms with Crippen molar-refractivity contribution in [3.8, 4) is 22.1 Å². The summed E-state index contributed by atoms with van der Waals surface area (Å²) in [6.07, 6.45) is 2.04. The fourth-order valence-corrected chi connectivity index (χ4v) is 2.85. The fraction of sp³-hybridized carbons (Fsp3) is 0.375. The van der Waals surface area contributed by atoms with Crippen LogP contribution in [-0.4, -0.2) is 24.7 Å². The van der Waals surface area contributed by atoms with Crippen LogP contribution in [0.25, 0.3) is 10.6 Å².